The van der Waals surface area contributed by atoms with Gasteiger partial charge in [-0.15, -0.1) is 0 Å². The van der Waals surface area contributed by atoms with Gasteiger partial charge in [0.25, 0.3) is 5.91 Å². The maximum Gasteiger partial charge on any atom is 0.268 e. The van der Waals surface area contributed by atoms with Crippen LogP contribution in [0.3, 0.4) is 0 Å². The monoisotopic (exact) mass is 586 g/mol. The minimum atomic E-state index is -0.175. The predicted octanol–water partition coefficient (Wildman–Crippen LogP) is 8.19. The summed E-state index contributed by atoms with van der Waals surface area (Å²) >= 11 is 12.5. The number of carbonyl (C=O) groups excluding carboxylic acids is 2. The van der Waals surface area contributed by atoms with Crippen molar-refractivity contribution in [1.82, 2.24) is 20.1 Å². The maximum absolute atomic E-state index is 13.7. The molecule has 5 aromatic rings. The number of unbranched alkanes of at least 4 members (excludes halogenated alkanes) is 5. The van der Waals surface area contributed by atoms with Crippen molar-refractivity contribution in [2.45, 2.75) is 44.9 Å². The van der Waals surface area contributed by atoms with Gasteiger partial charge in [0.1, 0.15) is 12.0 Å². The number of amides is 1. The lowest BCUT2D eigenvalue weighted by Gasteiger charge is -2.13. The molecule has 0 aliphatic carbocycles. The van der Waals surface area contributed by atoms with Crippen LogP contribution in [0.1, 0.15) is 60.1 Å². The quantitative estimate of drug-likeness (QED) is 0.108. The number of aromatic amines is 1. The Labute approximate surface area is 249 Å². The van der Waals surface area contributed by atoms with Gasteiger partial charge in [0.15, 0.2) is 0 Å². The van der Waals surface area contributed by atoms with E-state index in [4.69, 9.17) is 28.3 Å². The second-order valence-electron chi connectivity index (χ2n) is 10.1. The van der Waals surface area contributed by atoms with Crippen molar-refractivity contribution in [3.05, 3.63) is 106 Å². The average molecular weight is 588 g/mol. The Kier molecular flexibility index (Phi) is 9.55. The van der Waals surface area contributed by atoms with E-state index in [0.29, 0.717) is 35.1 Å². The number of hydrogen-bond acceptors (Lipinski definition) is 3. The molecular formula is C33H32Cl2N4O2. The molecule has 2 heterocycles. The number of H-pyrrole nitrogens is 1. The van der Waals surface area contributed by atoms with E-state index in [9.17, 15) is 9.59 Å². The molecule has 5 rings (SSSR count). The maximum atomic E-state index is 13.7. The van der Waals surface area contributed by atoms with Crippen LogP contribution >= 0.6 is 23.2 Å². The van der Waals surface area contributed by atoms with Gasteiger partial charge in [0.2, 0.25) is 0 Å². The normalized spacial score (nSPS) is 11.2. The topological polar surface area (TPSA) is 79.8 Å². The van der Waals surface area contributed by atoms with Crippen LogP contribution in [0.15, 0.2) is 79.0 Å². The molecule has 0 saturated carbocycles. The summed E-state index contributed by atoms with van der Waals surface area (Å²) < 4.78 is 1.90. The Balaban J connectivity index is 1.52. The van der Waals surface area contributed by atoms with E-state index in [-0.39, 0.29) is 5.91 Å². The molecule has 0 spiro atoms. The summed E-state index contributed by atoms with van der Waals surface area (Å²) in [5.41, 5.74) is 5.86. The van der Waals surface area contributed by atoms with Gasteiger partial charge in [-0.2, -0.15) is 5.10 Å². The summed E-state index contributed by atoms with van der Waals surface area (Å²) in [7, 11) is 0. The average Bonchev–Trinajstić information content (AvgIpc) is 3.56. The van der Waals surface area contributed by atoms with Crippen LogP contribution in [0, 0.1) is 0 Å². The second kappa shape index (κ2) is 13.7. The summed E-state index contributed by atoms with van der Waals surface area (Å²) in [6.45, 7) is 0.567. The zero-order chi connectivity index (χ0) is 28.6. The summed E-state index contributed by atoms with van der Waals surface area (Å²) in [4.78, 5) is 27.5. The van der Waals surface area contributed by atoms with Crippen LogP contribution in [0.5, 0.6) is 0 Å². The Bertz CT molecular complexity index is 1620. The Morgan fingerprint density at radius 2 is 1.63 bits per heavy atom. The van der Waals surface area contributed by atoms with Gasteiger partial charge < -0.3 is 15.1 Å². The third-order valence-corrected chi connectivity index (χ3v) is 7.65. The highest BCUT2D eigenvalue weighted by molar-refractivity contribution is 6.31. The lowest BCUT2D eigenvalue weighted by atomic mass is 9.98. The molecule has 0 aliphatic heterocycles. The first-order valence-corrected chi connectivity index (χ1v) is 14.7. The van der Waals surface area contributed by atoms with E-state index in [0.717, 1.165) is 77.4 Å². The molecule has 0 fully saturated rings. The van der Waals surface area contributed by atoms with Crippen LogP contribution in [-0.4, -0.2) is 33.5 Å². The number of hydrogen-bond donors (Lipinski definition) is 2. The van der Waals surface area contributed by atoms with Crippen LogP contribution in [-0.2, 0) is 11.2 Å². The number of rotatable bonds is 13. The molecule has 0 unspecified atom stereocenters. The van der Waals surface area contributed by atoms with Crippen LogP contribution in [0.4, 0.5) is 0 Å². The molecule has 210 valence electrons. The lowest BCUT2D eigenvalue weighted by Crippen LogP contribution is -2.25. The minimum Gasteiger partial charge on any atom is -0.351 e. The van der Waals surface area contributed by atoms with Crippen molar-refractivity contribution in [1.29, 1.82) is 0 Å². The van der Waals surface area contributed by atoms with E-state index in [1.807, 2.05) is 83.7 Å². The first-order chi connectivity index (χ1) is 20.0. The van der Waals surface area contributed by atoms with Crippen LogP contribution < -0.4 is 5.32 Å². The Morgan fingerprint density at radius 1 is 0.902 bits per heavy atom. The van der Waals surface area contributed by atoms with E-state index >= 15 is 0 Å². The van der Waals surface area contributed by atoms with Crippen molar-refractivity contribution in [3.63, 3.8) is 0 Å². The van der Waals surface area contributed by atoms with E-state index in [1.54, 1.807) is 0 Å². The largest absolute Gasteiger partial charge is 0.351 e. The van der Waals surface area contributed by atoms with Gasteiger partial charge in [-0.05, 0) is 54.8 Å². The number of nitrogens with one attached hydrogen (secondary N) is 2. The van der Waals surface area contributed by atoms with Crippen LogP contribution in [0.2, 0.25) is 10.0 Å². The molecule has 0 bridgehead atoms. The number of para-hydroxylation sites is 1. The number of carbonyl (C=O) groups is 2. The second-order valence-corrected chi connectivity index (χ2v) is 11.0. The Hall–Kier alpha value is -3.87. The van der Waals surface area contributed by atoms with Gasteiger partial charge >= 0.3 is 0 Å². The van der Waals surface area contributed by atoms with Crippen LogP contribution in [0.25, 0.3) is 27.8 Å². The van der Waals surface area contributed by atoms with Crippen molar-refractivity contribution in [2.75, 3.05) is 6.54 Å². The minimum absolute atomic E-state index is 0.175. The molecular weight excluding hydrogens is 555 g/mol. The highest BCUT2D eigenvalue weighted by Gasteiger charge is 2.25. The molecule has 0 aliphatic rings. The summed E-state index contributed by atoms with van der Waals surface area (Å²) in [6.07, 6.45) is 8.94. The van der Waals surface area contributed by atoms with Gasteiger partial charge in [0, 0.05) is 51.5 Å². The fourth-order valence-electron chi connectivity index (χ4n) is 5.12. The fourth-order valence-corrected chi connectivity index (χ4v) is 5.42. The molecule has 2 aromatic heterocycles. The fraction of sp³-hybridized carbons (Fsp3) is 0.242. The molecule has 0 radical (unpaired) electrons. The standard InChI is InChI=1S/C33H32Cl2N4O2/c34-25-14-12-23(13-15-25)20-24-22-37-39(27-10-6-5-7-11-27)32(24)30-28-17-16-26(35)21-29(28)38-31(30)33(41)36-18-8-3-1-2-4-9-19-40/h5-7,10-17,19,21-22,38H,1-4,8-9,18,20H2,(H,36,41). The smallest absolute Gasteiger partial charge is 0.268 e. The SMILES string of the molecule is O=CCCCCCCCNC(=O)c1[nH]c2cc(Cl)ccc2c1-c1c(Cc2ccc(Cl)cc2)cnn1-c1ccccc1. The summed E-state index contributed by atoms with van der Waals surface area (Å²) in [5, 5.41) is 10.1. The van der Waals surface area contributed by atoms with Gasteiger partial charge in [-0.25, -0.2) is 4.68 Å². The number of fused-ring (bicyclic) bond motifs is 1. The van der Waals surface area contributed by atoms with E-state index in [2.05, 4.69) is 10.3 Å². The van der Waals surface area contributed by atoms with Crippen molar-refractivity contribution < 1.29 is 9.59 Å². The Morgan fingerprint density at radius 3 is 2.41 bits per heavy atom. The summed E-state index contributed by atoms with van der Waals surface area (Å²) in [5.74, 6) is -0.175. The van der Waals surface area contributed by atoms with Crippen molar-refractivity contribution in [2.24, 2.45) is 0 Å². The molecule has 8 heteroatoms. The van der Waals surface area contributed by atoms with Gasteiger partial charge in [-0.3, -0.25) is 4.79 Å². The highest BCUT2D eigenvalue weighted by Crippen LogP contribution is 2.38. The third-order valence-electron chi connectivity index (χ3n) is 7.16. The third kappa shape index (κ3) is 6.89. The molecule has 0 saturated heterocycles. The number of nitrogens with zero attached hydrogens (tertiary/aromatic N) is 2. The molecule has 0 atom stereocenters. The van der Waals surface area contributed by atoms with E-state index in [1.165, 1.54) is 0 Å². The highest BCUT2D eigenvalue weighted by atomic mass is 35.5. The van der Waals surface area contributed by atoms with Gasteiger partial charge in [0.05, 0.1) is 17.6 Å². The number of aldehydes is 1. The first kappa shape index (κ1) is 28.7. The van der Waals surface area contributed by atoms with Gasteiger partial charge in [-0.1, -0.05) is 78.9 Å². The molecule has 1 amide bonds. The lowest BCUT2D eigenvalue weighted by molar-refractivity contribution is -0.107. The molecule has 6 nitrogen and oxygen atoms in total. The van der Waals surface area contributed by atoms with Crippen molar-refractivity contribution >= 4 is 46.3 Å². The zero-order valence-corrected chi connectivity index (χ0v) is 24.2. The number of benzene rings is 3. The first-order valence-electron chi connectivity index (χ1n) is 14.0. The van der Waals surface area contributed by atoms with E-state index < -0.39 is 0 Å². The molecule has 2 N–H and O–H groups in total. The molecule has 41 heavy (non-hydrogen) atoms. The molecule has 3 aromatic carbocycles. The van der Waals surface area contributed by atoms with Crippen molar-refractivity contribution in [3.8, 4) is 16.9 Å². The summed E-state index contributed by atoms with van der Waals surface area (Å²) in [6, 6.07) is 23.3. The predicted molar refractivity (Wildman–Crippen MR) is 166 cm³/mol. The zero-order valence-electron chi connectivity index (χ0n) is 22.7. The number of halogens is 2. The number of aromatic nitrogens is 3.